The Hall–Kier alpha value is -3.68. The minimum absolute atomic E-state index is 0.112. The minimum Gasteiger partial charge on any atom is -0.454 e. The van der Waals surface area contributed by atoms with Gasteiger partial charge in [-0.3, -0.25) is 9.59 Å². The van der Waals surface area contributed by atoms with E-state index in [9.17, 15) is 35.1 Å². The molecule has 1 amide bonds. The summed E-state index contributed by atoms with van der Waals surface area (Å²) in [6.07, 6.45) is 67.0. The van der Waals surface area contributed by atoms with Crippen LogP contribution >= 0.6 is 0 Å². The summed E-state index contributed by atoms with van der Waals surface area (Å²) < 4.78 is 17.6. The van der Waals surface area contributed by atoms with E-state index in [0.29, 0.717) is 12.8 Å². The molecule has 0 saturated carbocycles. The number of carbonyl (C=O) groups is 2. The van der Waals surface area contributed by atoms with E-state index in [0.717, 1.165) is 128 Å². The van der Waals surface area contributed by atoms with Gasteiger partial charge in [-0.1, -0.05) is 271 Å². The van der Waals surface area contributed by atoms with Crippen molar-refractivity contribution in [1.29, 1.82) is 0 Å². The number of ether oxygens (including phenoxy) is 3. The van der Waals surface area contributed by atoms with Gasteiger partial charge in [0.1, 0.15) is 24.4 Å². The topological polar surface area (TPSA) is 175 Å². The molecule has 1 heterocycles. The van der Waals surface area contributed by atoms with E-state index in [2.05, 4.69) is 111 Å². The third kappa shape index (κ3) is 44.5. The first kappa shape index (κ1) is 75.3. The summed E-state index contributed by atoms with van der Waals surface area (Å²) in [6.45, 7) is 5.53. The van der Waals surface area contributed by atoms with Gasteiger partial charge in [-0.05, 0) is 89.9 Å². The molecule has 0 bridgehead atoms. The summed E-state index contributed by atoms with van der Waals surface area (Å²) in [6, 6.07) is -1.04. The van der Waals surface area contributed by atoms with Crippen molar-refractivity contribution in [3.05, 3.63) is 109 Å². The van der Waals surface area contributed by atoms with Crippen LogP contribution in [0.25, 0.3) is 0 Å². The maximum atomic E-state index is 13.4. The summed E-state index contributed by atoms with van der Waals surface area (Å²) in [4.78, 5) is 26.6. The Morgan fingerprint density at radius 1 is 0.506 bits per heavy atom. The Kier molecular flexibility index (Phi) is 52.8. The van der Waals surface area contributed by atoms with Crippen LogP contribution in [0.4, 0.5) is 0 Å². The zero-order chi connectivity index (χ0) is 58.9. The Balaban J connectivity index is 2.57. The number of carbonyl (C=O) groups excluding carboxylic acids is 2. The number of unbranched alkanes of at least 4 members (excludes halogenated alkanes) is 26. The smallest absolute Gasteiger partial charge is 0.306 e. The van der Waals surface area contributed by atoms with Gasteiger partial charge < -0.3 is 45.1 Å². The van der Waals surface area contributed by atoms with Crippen LogP contribution < -0.4 is 5.32 Å². The SMILES string of the molecule is CC/C=C\C/C=C\C/C=C\C/C=C\C/C=C\CCCCCCCCCCCCCC(=O)OC1C(OCC(NC(=O)C(O)CCCCCCCC/C=C/C=C/C=C/CC)C(O)/C=C/CCCCCCCCCCC)OC(CO)C(O)C1O. The molecule has 1 aliphatic rings. The van der Waals surface area contributed by atoms with E-state index in [1.54, 1.807) is 6.08 Å². The minimum atomic E-state index is -1.62. The van der Waals surface area contributed by atoms with Crippen molar-refractivity contribution in [2.45, 2.75) is 307 Å². The van der Waals surface area contributed by atoms with Crippen LogP contribution in [-0.4, -0.2) is 99.6 Å². The molecule has 0 aromatic heterocycles. The first-order chi connectivity index (χ1) is 39.7. The van der Waals surface area contributed by atoms with Crippen molar-refractivity contribution in [1.82, 2.24) is 5.32 Å². The molecule has 0 aromatic carbocycles. The molecule has 1 rings (SSSR count). The predicted octanol–water partition coefficient (Wildman–Crippen LogP) is 16.1. The fourth-order valence-corrected chi connectivity index (χ4v) is 9.62. The first-order valence-electron chi connectivity index (χ1n) is 32.7. The Morgan fingerprint density at radius 3 is 1.47 bits per heavy atom. The van der Waals surface area contributed by atoms with Gasteiger partial charge in [0, 0.05) is 6.42 Å². The fourth-order valence-electron chi connectivity index (χ4n) is 9.62. The van der Waals surface area contributed by atoms with Gasteiger partial charge in [0.2, 0.25) is 5.91 Å². The van der Waals surface area contributed by atoms with Crippen molar-refractivity contribution in [3.63, 3.8) is 0 Å². The second kappa shape index (κ2) is 56.8. The van der Waals surface area contributed by atoms with Crippen LogP contribution in [0.15, 0.2) is 109 Å². The molecule has 11 heteroatoms. The first-order valence-corrected chi connectivity index (χ1v) is 32.7. The summed E-state index contributed by atoms with van der Waals surface area (Å²) in [7, 11) is 0. The maximum absolute atomic E-state index is 13.4. The van der Waals surface area contributed by atoms with Crippen LogP contribution in [0.1, 0.15) is 258 Å². The lowest BCUT2D eigenvalue weighted by molar-refractivity contribution is -0.305. The normalized spacial score (nSPS) is 19.4. The predicted molar refractivity (Wildman–Crippen MR) is 338 cm³/mol. The number of nitrogens with one attached hydrogen (secondary N) is 1. The molecule has 1 saturated heterocycles. The molecule has 8 atom stereocenters. The highest BCUT2D eigenvalue weighted by Gasteiger charge is 2.47. The Morgan fingerprint density at radius 2 is 0.951 bits per heavy atom. The highest BCUT2D eigenvalue weighted by Crippen LogP contribution is 2.26. The third-order valence-electron chi connectivity index (χ3n) is 14.7. The van der Waals surface area contributed by atoms with Gasteiger partial charge >= 0.3 is 5.97 Å². The van der Waals surface area contributed by atoms with Gasteiger partial charge in [-0.2, -0.15) is 0 Å². The van der Waals surface area contributed by atoms with Crippen LogP contribution in [0.3, 0.4) is 0 Å². The Bertz CT molecular complexity index is 1730. The molecule has 11 nitrogen and oxygen atoms in total. The molecule has 0 spiro atoms. The fraction of sp³-hybridized carbons (Fsp3) is 0.714. The van der Waals surface area contributed by atoms with Crippen LogP contribution in [0, 0.1) is 0 Å². The monoisotopic (exact) mass is 1130 g/mol. The number of hydrogen-bond donors (Lipinski definition) is 6. The number of aliphatic hydroxyl groups excluding tert-OH is 5. The molecular weight excluding hydrogens is 1010 g/mol. The zero-order valence-electron chi connectivity index (χ0n) is 51.4. The summed E-state index contributed by atoms with van der Waals surface area (Å²) in [5.41, 5.74) is 0. The second-order valence-corrected chi connectivity index (χ2v) is 22.1. The van der Waals surface area contributed by atoms with Crippen molar-refractivity contribution in [2.75, 3.05) is 13.2 Å². The van der Waals surface area contributed by atoms with Crippen molar-refractivity contribution in [3.8, 4) is 0 Å². The molecule has 0 aromatic rings. The average Bonchev–Trinajstić information content (AvgIpc) is 3.49. The molecule has 0 aliphatic carbocycles. The second-order valence-electron chi connectivity index (χ2n) is 22.1. The van der Waals surface area contributed by atoms with Crippen LogP contribution in [-0.2, 0) is 23.8 Å². The summed E-state index contributed by atoms with van der Waals surface area (Å²) in [5.74, 6) is -1.22. The Labute approximate surface area is 494 Å². The summed E-state index contributed by atoms with van der Waals surface area (Å²) in [5, 5.41) is 57.0. The number of amides is 1. The quantitative estimate of drug-likeness (QED) is 0.0149. The lowest BCUT2D eigenvalue weighted by Crippen LogP contribution is -2.61. The van der Waals surface area contributed by atoms with E-state index in [1.165, 1.54) is 83.5 Å². The molecule has 81 heavy (non-hydrogen) atoms. The number of aliphatic hydroxyl groups is 5. The van der Waals surface area contributed by atoms with Crippen molar-refractivity contribution < 1.29 is 49.3 Å². The van der Waals surface area contributed by atoms with Crippen molar-refractivity contribution in [2.24, 2.45) is 0 Å². The largest absolute Gasteiger partial charge is 0.454 e. The number of allylic oxidation sites excluding steroid dienone is 17. The van der Waals surface area contributed by atoms with Crippen LogP contribution in [0.5, 0.6) is 0 Å². The molecule has 1 fully saturated rings. The number of hydrogen-bond acceptors (Lipinski definition) is 10. The lowest BCUT2D eigenvalue weighted by Gasteiger charge is -2.41. The molecule has 8 unspecified atom stereocenters. The van der Waals surface area contributed by atoms with Gasteiger partial charge in [0.05, 0.1) is 25.4 Å². The zero-order valence-corrected chi connectivity index (χ0v) is 51.4. The molecular formula is C70H119NO10. The molecule has 1 aliphatic heterocycles. The summed E-state index contributed by atoms with van der Waals surface area (Å²) >= 11 is 0. The highest BCUT2D eigenvalue weighted by molar-refractivity contribution is 5.80. The molecule has 0 radical (unpaired) electrons. The standard InChI is InChI=1S/C70H119NO10/c1-4-7-10-13-16-19-22-24-26-27-28-29-30-31-32-33-34-35-36-37-38-40-43-46-49-52-55-58-65(75)81-68-67(77)66(76)64(59-72)80-70(68)79-60-61(62(73)56-53-50-47-44-41-21-18-15-12-9-6-3)71-69(78)63(74)57-54-51-48-45-42-39-25-23-20-17-14-11-8-5-2/h7-8,10-11,14,16-17,19-20,23-24,26,28-29,31-32,53,56,61-64,66-68,70,72-74,76-77H,4-6,9,12-13,15,18,21-22,25,27,30,33-52,54-55,57-60H2,1-3H3,(H,71,78)/b10-7-,11-8+,17-14+,19-16-,23-20+,26-24-,29-28-,32-31-,56-53+. The van der Waals surface area contributed by atoms with Gasteiger partial charge in [0.15, 0.2) is 12.4 Å². The van der Waals surface area contributed by atoms with Crippen LogP contribution in [0.2, 0.25) is 0 Å². The van der Waals surface area contributed by atoms with E-state index >= 15 is 0 Å². The van der Waals surface area contributed by atoms with Gasteiger partial charge in [-0.15, -0.1) is 0 Å². The van der Waals surface area contributed by atoms with E-state index in [4.69, 9.17) is 14.2 Å². The lowest BCUT2D eigenvalue weighted by atomic mass is 9.99. The molecule has 464 valence electrons. The van der Waals surface area contributed by atoms with E-state index < -0.39 is 67.4 Å². The number of esters is 1. The maximum Gasteiger partial charge on any atom is 0.306 e. The third-order valence-corrected chi connectivity index (χ3v) is 14.7. The van der Waals surface area contributed by atoms with Gasteiger partial charge in [0.25, 0.3) is 0 Å². The number of rotatable bonds is 54. The highest BCUT2D eigenvalue weighted by atomic mass is 16.7. The van der Waals surface area contributed by atoms with Gasteiger partial charge in [-0.25, -0.2) is 0 Å². The van der Waals surface area contributed by atoms with E-state index in [-0.39, 0.29) is 19.4 Å². The van der Waals surface area contributed by atoms with E-state index in [1.807, 2.05) is 18.2 Å². The average molecular weight is 1130 g/mol. The van der Waals surface area contributed by atoms with Crippen molar-refractivity contribution >= 4 is 11.9 Å². The molecule has 6 N–H and O–H groups in total.